The van der Waals surface area contributed by atoms with Crippen molar-refractivity contribution in [3.63, 3.8) is 0 Å². The van der Waals surface area contributed by atoms with Crippen LogP contribution in [0, 0.1) is 6.92 Å². The maximum atomic E-state index is 12.2. The highest BCUT2D eigenvalue weighted by Gasteiger charge is 2.15. The highest BCUT2D eigenvalue weighted by atomic mass is 32.1. The monoisotopic (exact) mass is 363 g/mol. The van der Waals surface area contributed by atoms with Crippen molar-refractivity contribution >= 4 is 27.3 Å². The number of aryl methyl sites for hydroxylation is 2. The van der Waals surface area contributed by atoms with Crippen LogP contribution in [0.1, 0.15) is 17.5 Å². The predicted molar refractivity (Wildman–Crippen MR) is 102 cm³/mol. The molecule has 2 aromatic heterocycles. The van der Waals surface area contributed by atoms with E-state index in [-0.39, 0.29) is 5.91 Å². The van der Waals surface area contributed by atoms with Gasteiger partial charge in [0.2, 0.25) is 16.0 Å². The third-order valence-corrected chi connectivity index (χ3v) is 4.92. The summed E-state index contributed by atoms with van der Waals surface area (Å²) in [6, 6.07) is 17.9. The van der Waals surface area contributed by atoms with E-state index in [0.717, 1.165) is 16.7 Å². The molecule has 0 fully saturated rings. The summed E-state index contributed by atoms with van der Waals surface area (Å²) >= 11 is 1.31. The van der Waals surface area contributed by atoms with Gasteiger partial charge in [0, 0.05) is 12.0 Å². The Balaban J connectivity index is 1.50. The minimum absolute atomic E-state index is 0.0590. The van der Waals surface area contributed by atoms with Gasteiger partial charge < -0.3 is 5.32 Å². The normalized spacial score (nSPS) is 11.0. The van der Waals surface area contributed by atoms with Crippen LogP contribution in [0.25, 0.3) is 16.3 Å². The Labute approximate surface area is 154 Å². The van der Waals surface area contributed by atoms with E-state index in [4.69, 9.17) is 0 Å². The molecular weight excluding hydrogens is 346 g/mol. The molecule has 2 heterocycles. The Kier molecular flexibility index (Phi) is 4.45. The molecule has 0 saturated heterocycles. The first kappa shape index (κ1) is 16.4. The Morgan fingerprint density at radius 2 is 1.85 bits per heavy atom. The Hall–Kier alpha value is -3.06. The molecule has 0 saturated carbocycles. The number of fused-ring (bicyclic) bond motifs is 1. The van der Waals surface area contributed by atoms with Crippen LogP contribution in [-0.2, 0) is 11.2 Å². The van der Waals surface area contributed by atoms with Gasteiger partial charge in [0.25, 0.3) is 0 Å². The van der Waals surface area contributed by atoms with E-state index in [1.807, 2.05) is 61.5 Å². The molecule has 0 unspecified atom stereocenters. The minimum atomic E-state index is -0.0590. The first-order valence-electron chi connectivity index (χ1n) is 8.33. The molecule has 0 aliphatic carbocycles. The summed E-state index contributed by atoms with van der Waals surface area (Å²) in [5, 5.41) is 16.3. The standard InChI is InChI=1S/C19H17N5OS/c1-13-7-5-6-10-15(13)17-21-22-19-24(17)23-18(26-19)20-16(25)12-11-14-8-3-2-4-9-14/h2-10H,11-12H2,1H3,(H,20,23,25). The number of nitrogens with zero attached hydrogens (tertiary/aromatic N) is 4. The number of amides is 1. The van der Waals surface area contributed by atoms with Crippen molar-refractivity contribution in [3.05, 3.63) is 65.7 Å². The number of rotatable bonds is 5. The summed E-state index contributed by atoms with van der Waals surface area (Å²) in [4.78, 5) is 12.9. The van der Waals surface area contributed by atoms with Gasteiger partial charge in [-0.2, -0.15) is 4.52 Å². The second-order valence-corrected chi connectivity index (χ2v) is 6.93. The molecule has 7 heteroatoms. The van der Waals surface area contributed by atoms with Crippen LogP contribution in [0.5, 0.6) is 0 Å². The number of carbonyl (C=O) groups excluding carboxylic acids is 1. The molecule has 2 aromatic carbocycles. The number of nitrogens with one attached hydrogen (secondary N) is 1. The molecule has 1 amide bonds. The Morgan fingerprint density at radius 3 is 2.65 bits per heavy atom. The number of hydrogen-bond donors (Lipinski definition) is 1. The molecule has 0 spiro atoms. The maximum absolute atomic E-state index is 12.2. The topological polar surface area (TPSA) is 72.2 Å². The lowest BCUT2D eigenvalue weighted by Gasteiger charge is -2.02. The fourth-order valence-electron chi connectivity index (χ4n) is 2.74. The largest absolute Gasteiger partial charge is 0.301 e. The van der Waals surface area contributed by atoms with E-state index in [0.29, 0.717) is 28.8 Å². The van der Waals surface area contributed by atoms with E-state index >= 15 is 0 Å². The molecule has 130 valence electrons. The third kappa shape index (κ3) is 3.34. The number of anilines is 1. The zero-order chi connectivity index (χ0) is 17.9. The highest BCUT2D eigenvalue weighted by Crippen LogP contribution is 2.26. The van der Waals surface area contributed by atoms with Crippen molar-refractivity contribution in [2.75, 3.05) is 5.32 Å². The van der Waals surface area contributed by atoms with Gasteiger partial charge >= 0.3 is 0 Å². The van der Waals surface area contributed by atoms with E-state index in [1.165, 1.54) is 11.3 Å². The maximum Gasteiger partial charge on any atom is 0.236 e. The lowest BCUT2D eigenvalue weighted by Crippen LogP contribution is -2.12. The van der Waals surface area contributed by atoms with Crippen LogP contribution in [0.15, 0.2) is 54.6 Å². The lowest BCUT2D eigenvalue weighted by atomic mass is 10.1. The molecule has 0 bridgehead atoms. The van der Waals surface area contributed by atoms with Crippen LogP contribution in [0.3, 0.4) is 0 Å². The van der Waals surface area contributed by atoms with Gasteiger partial charge in [-0.15, -0.1) is 15.3 Å². The Morgan fingerprint density at radius 1 is 1.08 bits per heavy atom. The van der Waals surface area contributed by atoms with Crippen molar-refractivity contribution in [2.45, 2.75) is 19.8 Å². The third-order valence-electron chi connectivity index (χ3n) is 4.11. The molecule has 26 heavy (non-hydrogen) atoms. The average molecular weight is 363 g/mol. The van der Waals surface area contributed by atoms with E-state index in [1.54, 1.807) is 4.52 Å². The summed E-state index contributed by atoms with van der Waals surface area (Å²) in [7, 11) is 0. The molecule has 1 N–H and O–H groups in total. The van der Waals surface area contributed by atoms with Crippen LogP contribution in [-0.4, -0.2) is 25.7 Å². The van der Waals surface area contributed by atoms with Crippen LogP contribution >= 0.6 is 11.3 Å². The number of benzene rings is 2. The molecule has 0 atom stereocenters. The molecule has 0 aliphatic heterocycles. The molecule has 4 aromatic rings. The number of hydrogen-bond acceptors (Lipinski definition) is 5. The zero-order valence-electron chi connectivity index (χ0n) is 14.2. The summed E-state index contributed by atoms with van der Waals surface area (Å²) in [6.07, 6.45) is 1.11. The molecular formula is C19H17N5OS. The fourth-order valence-corrected chi connectivity index (χ4v) is 3.50. The van der Waals surface area contributed by atoms with E-state index < -0.39 is 0 Å². The second kappa shape index (κ2) is 7.05. The molecule has 0 aliphatic rings. The number of aromatic nitrogens is 4. The second-order valence-electron chi connectivity index (χ2n) is 5.97. The molecule has 0 radical (unpaired) electrons. The Bertz CT molecular complexity index is 1050. The average Bonchev–Trinajstić information content (AvgIpc) is 3.22. The van der Waals surface area contributed by atoms with Gasteiger partial charge in [0.15, 0.2) is 5.82 Å². The highest BCUT2D eigenvalue weighted by molar-refractivity contribution is 7.20. The molecule has 4 rings (SSSR count). The SMILES string of the molecule is Cc1ccccc1-c1nnc2sc(NC(=O)CCc3ccccc3)nn12. The van der Waals surface area contributed by atoms with Gasteiger partial charge in [-0.25, -0.2) is 0 Å². The van der Waals surface area contributed by atoms with Crippen LogP contribution in [0.2, 0.25) is 0 Å². The van der Waals surface area contributed by atoms with Gasteiger partial charge in [0.05, 0.1) is 0 Å². The quantitative estimate of drug-likeness (QED) is 0.586. The summed E-state index contributed by atoms with van der Waals surface area (Å²) in [5.41, 5.74) is 3.22. The minimum Gasteiger partial charge on any atom is -0.301 e. The first-order valence-corrected chi connectivity index (χ1v) is 9.14. The van der Waals surface area contributed by atoms with Gasteiger partial charge in [-0.1, -0.05) is 65.9 Å². The van der Waals surface area contributed by atoms with Crippen molar-refractivity contribution < 1.29 is 4.79 Å². The zero-order valence-corrected chi connectivity index (χ0v) is 15.0. The smallest absolute Gasteiger partial charge is 0.236 e. The molecule has 6 nitrogen and oxygen atoms in total. The predicted octanol–water partition coefficient (Wildman–Crippen LogP) is 3.73. The number of carbonyl (C=O) groups is 1. The summed E-state index contributed by atoms with van der Waals surface area (Å²) < 4.78 is 1.68. The first-order chi connectivity index (χ1) is 12.7. The van der Waals surface area contributed by atoms with Gasteiger partial charge in [-0.05, 0) is 24.5 Å². The lowest BCUT2D eigenvalue weighted by molar-refractivity contribution is -0.116. The van der Waals surface area contributed by atoms with E-state index in [9.17, 15) is 4.79 Å². The summed E-state index contributed by atoms with van der Waals surface area (Å²) in [6.45, 7) is 2.02. The van der Waals surface area contributed by atoms with Gasteiger partial charge in [-0.3, -0.25) is 4.79 Å². The van der Waals surface area contributed by atoms with Crippen molar-refractivity contribution in [3.8, 4) is 11.4 Å². The van der Waals surface area contributed by atoms with E-state index in [2.05, 4.69) is 20.6 Å². The van der Waals surface area contributed by atoms with Gasteiger partial charge in [0.1, 0.15) is 0 Å². The van der Waals surface area contributed by atoms with Crippen LogP contribution in [0.4, 0.5) is 5.13 Å². The van der Waals surface area contributed by atoms with Crippen molar-refractivity contribution in [2.24, 2.45) is 0 Å². The van der Waals surface area contributed by atoms with Crippen LogP contribution < -0.4 is 5.32 Å². The van der Waals surface area contributed by atoms with Crippen molar-refractivity contribution in [1.29, 1.82) is 0 Å². The summed E-state index contributed by atoms with van der Waals surface area (Å²) in [5.74, 6) is 0.621. The van der Waals surface area contributed by atoms with Crippen molar-refractivity contribution in [1.82, 2.24) is 19.8 Å². The fraction of sp³-hybridized carbons (Fsp3) is 0.158.